The molecule has 0 saturated heterocycles. The minimum Gasteiger partial charge on any atom is -0.496 e. The average Bonchev–Trinajstić information content (AvgIpc) is 2.81. The first kappa shape index (κ1) is 10.5. The molecule has 0 aliphatic rings. The van der Waals surface area contributed by atoms with Gasteiger partial charge in [0.25, 0.3) is 0 Å². The van der Waals surface area contributed by atoms with Crippen LogP contribution in [0.5, 0.6) is 5.75 Å². The van der Waals surface area contributed by atoms with E-state index in [0.29, 0.717) is 29.1 Å². The molecule has 6 heteroatoms. The highest BCUT2D eigenvalue weighted by atomic mass is 19.1. The van der Waals surface area contributed by atoms with E-state index < -0.39 is 0 Å². The van der Waals surface area contributed by atoms with Gasteiger partial charge in [-0.3, -0.25) is 0 Å². The fraction of sp³-hybridized carbons (Fsp3) is 0.300. The van der Waals surface area contributed by atoms with E-state index >= 15 is 0 Å². The Morgan fingerprint density at radius 2 is 2.25 bits per heavy atom. The number of nitrogens with one attached hydrogen (secondary N) is 1. The molecular formula is C10H11FN4O. The molecule has 0 atom stereocenters. The average molecular weight is 222 g/mol. The molecule has 2 aromatic rings. The Balaban J connectivity index is 2.62. The Kier molecular flexibility index (Phi) is 2.80. The van der Waals surface area contributed by atoms with Crippen LogP contribution < -0.4 is 4.74 Å². The molecule has 84 valence electrons. The zero-order valence-electron chi connectivity index (χ0n) is 8.99. The van der Waals surface area contributed by atoms with Crippen LogP contribution in [0.4, 0.5) is 4.39 Å². The van der Waals surface area contributed by atoms with Crippen molar-refractivity contribution in [1.82, 2.24) is 20.6 Å². The quantitative estimate of drug-likeness (QED) is 0.856. The lowest BCUT2D eigenvalue weighted by molar-refractivity contribution is 0.406. The van der Waals surface area contributed by atoms with Crippen molar-refractivity contribution in [3.8, 4) is 17.1 Å². The molecule has 0 aliphatic carbocycles. The summed E-state index contributed by atoms with van der Waals surface area (Å²) in [7, 11) is 1.50. The summed E-state index contributed by atoms with van der Waals surface area (Å²) in [5.41, 5.74) is 1.18. The third-order valence-electron chi connectivity index (χ3n) is 2.36. The number of rotatable bonds is 3. The molecule has 0 fully saturated rings. The van der Waals surface area contributed by atoms with Crippen molar-refractivity contribution in [3.05, 3.63) is 23.5 Å². The van der Waals surface area contributed by atoms with Crippen molar-refractivity contribution in [2.75, 3.05) is 7.11 Å². The number of aromatic amines is 1. The Hall–Kier alpha value is -1.98. The van der Waals surface area contributed by atoms with E-state index in [2.05, 4.69) is 20.6 Å². The molecule has 16 heavy (non-hydrogen) atoms. The van der Waals surface area contributed by atoms with Gasteiger partial charge in [0.05, 0.1) is 12.7 Å². The lowest BCUT2D eigenvalue weighted by atomic mass is 10.1. The Bertz CT molecular complexity index is 484. The molecule has 0 radical (unpaired) electrons. The fourth-order valence-electron chi connectivity index (χ4n) is 1.63. The van der Waals surface area contributed by atoms with Crippen molar-refractivity contribution in [3.63, 3.8) is 0 Å². The first-order valence-corrected chi connectivity index (χ1v) is 4.87. The third-order valence-corrected chi connectivity index (χ3v) is 2.36. The van der Waals surface area contributed by atoms with Gasteiger partial charge in [0.15, 0.2) is 5.82 Å². The topological polar surface area (TPSA) is 63.7 Å². The summed E-state index contributed by atoms with van der Waals surface area (Å²) in [6.45, 7) is 1.86. The van der Waals surface area contributed by atoms with Crippen LogP contribution in [0.15, 0.2) is 12.1 Å². The molecule has 2 rings (SSSR count). The molecule has 0 saturated carbocycles. The number of nitrogens with zero attached hydrogens (tertiary/aromatic N) is 3. The predicted octanol–water partition coefficient (Wildman–Crippen LogP) is 1.58. The van der Waals surface area contributed by atoms with Crippen LogP contribution in [-0.2, 0) is 6.42 Å². The molecule has 5 nitrogen and oxygen atoms in total. The van der Waals surface area contributed by atoms with Gasteiger partial charge in [-0.25, -0.2) is 9.49 Å². The van der Waals surface area contributed by atoms with Crippen LogP contribution in [0, 0.1) is 5.82 Å². The van der Waals surface area contributed by atoms with Gasteiger partial charge >= 0.3 is 0 Å². The highest BCUT2D eigenvalue weighted by Gasteiger charge is 2.16. The maximum absolute atomic E-state index is 13.5. The van der Waals surface area contributed by atoms with E-state index in [9.17, 15) is 4.39 Å². The van der Waals surface area contributed by atoms with Crippen LogP contribution in [0.3, 0.4) is 0 Å². The number of hydrogen-bond donors (Lipinski definition) is 1. The molecule has 0 spiro atoms. The first-order valence-electron chi connectivity index (χ1n) is 4.87. The molecule has 0 bridgehead atoms. The predicted molar refractivity (Wildman–Crippen MR) is 55.5 cm³/mol. The van der Waals surface area contributed by atoms with E-state index in [1.807, 2.05) is 6.92 Å². The standard InChI is InChI=1S/C10H11FN4O/c1-3-6-8(11)5-4-7(9(6)16-2)10-12-14-15-13-10/h4-5H,3H2,1-2H3,(H,12,13,14,15). The summed E-state index contributed by atoms with van der Waals surface area (Å²) in [6.07, 6.45) is 0.546. The molecule has 1 aromatic carbocycles. The molecular weight excluding hydrogens is 211 g/mol. The van der Waals surface area contributed by atoms with E-state index in [1.165, 1.54) is 13.2 Å². The second-order valence-electron chi connectivity index (χ2n) is 3.21. The number of benzene rings is 1. The van der Waals surface area contributed by atoms with Crippen molar-refractivity contribution in [2.24, 2.45) is 0 Å². The summed E-state index contributed by atoms with van der Waals surface area (Å²) < 4.78 is 18.7. The molecule has 1 N–H and O–H groups in total. The van der Waals surface area contributed by atoms with Crippen molar-refractivity contribution >= 4 is 0 Å². The highest BCUT2D eigenvalue weighted by Crippen LogP contribution is 2.32. The number of hydrogen-bond acceptors (Lipinski definition) is 4. The Morgan fingerprint density at radius 3 is 2.81 bits per heavy atom. The number of tetrazole rings is 1. The van der Waals surface area contributed by atoms with Crippen molar-refractivity contribution < 1.29 is 9.13 Å². The Labute approximate surface area is 91.6 Å². The number of aromatic nitrogens is 4. The van der Waals surface area contributed by atoms with Gasteiger partial charge in [0, 0.05) is 5.56 Å². The smallest absolute Gasteiger partial charge is 0.183 e. The minimum absolute atomic E-state index is 0.282. The lowest BCUT2D eigenvalue weighted by Crippen LogP contribution is -1.98. The van der Waals surface area contributed by atoms with E-state index in [1.54, 1.807) is 6.07 Å². The van der Waals surface area contributed by atoms with Gasteiger partial charge in [-0.15, -0.1) is 5.10 Å². The molecule has 1 aromatic heterocycles. The summed E-state index contributed by atoms with van der Waals surface area (Å²) in [5, 5.41) is 13.4. The number of H-pyrrole nitrogens is 1. The summed E-state index contributed by atoms with van der Waals surface area (Å²) in [4.78, 5) is 0. The van der Waals surface area contributed by atoms with E-state index in [4.69, 9.17) is 4.74 Å². The normalized spacial score (nSPS) is 10.4. The van der Waals surface area contributed by atoms with E-state index in [-0.39, 0.29) is 5.82 Å². The molecule has 0 amide bonds. The largest absolute Gasteiger partial charge is 0.496 e. The van der Waals surface area contributed by atoms with Crippen molar-refractivity contribution in [2.45, 2.75) is 13.3 Å². The first-order chi connectivity index (χ1) is 7.77. The third kappa shape index (κ3) is 1.62. The lowest BCUT2D eigenvalue weighted by Gasteiger charge is -2.11. The van der Waals surface area contributed by atoms with Crippen LogP contribution in [0.25, 0.3) is 11.4 Å². The van der Waals surface area contributed by atoms with Crippen molar-refractivity contribution in [1.29, 1.82) is 0 Å². The molecule has 0 unspecified atom stereocenters. The monoisotopic (exact) mass is 222 g/mol. The highest BCUT2D eigenvalue weighted by molar-refractivity contribution is 5.66. The summed E-state index contributed by atoms with van der Waals surface area (Å²) in [6, 6.07) is 2.98. The maximum atomic E-state index is 13.5. The summed E-state index contributed by atoms with van der Waals surface area (Å²) >= 11 is 0. The van der Waals surface area contributed by atoms with Gasteiger partial charge in [-0.1, -0.05) is 6.92 Å². The van der Waals surface area contributed by atoms with E-state index in [0.717, 1.165) is 0 Å². The Morgan fingerprint density at radius 1 is 1.44 bits per heavy atom. The second kappa shape index (κ2) is 4.26. The van der Waals surface area contributed by atoms with Gasteiger partial charge in [0.1, 0.15) is 11.6 Å². The second-order valence-corrected chi connectivity index (χ2v) is 3.21. The van der Waals surface area contributed by atoms with Gasteiger partial charge in [0.2, 0.25) is 0 Å². The zero-order chi connectivity index (χ0) is 11.5. The molecule has 0 aliphatic heterocycles. The maximum Gasteiger partial charge on any atom is 0.183 e. The van der Waals surface area contributed by atoms with Crippen LogP contribution in [0.1, 0.15) is 12.5 Å². The molecule has 1 heterocycles. The van der Waals surface area contributed by atoms with Crippen LogP contribution in [-0.4, -0.2) is 27.7 Å². The van der Waals surface area contributed by atoms with Gasteiger partial charge < -0.3 is 4.74 Å². The SMILES string of the molecule is CCc1c(F)ccc(-c2nnn[nH]2)c1OC. The summed E-state index contributed by atoms with van der Waals surface area (Å²) in [5.74, 6) is 0.656. The van der Waals surface area contributed by atoms with Crippen LogP contribution >= 0.6 is 0 Å². The fourth-order valence-corrected chi connectivity index (χ4v) is 1.63. The minimum atomic E-state index is -0.282. The number of halogens is 1. The number of methoxy groups -OCH3 is 1. The van der Waals surface area contributed by atoms with Gasteiger partial charge in [-0.2, -0.15) is 0 Å². The number of ether oxygens (including phenoxy) is 1. The van der Waals surface area contributed by atoms with Crippen LogP contribution in [0.2, 0.25) is 0 Å². The zero-order valence-corrected chi connectivity index (χ0v) is 8.99. The van der Waals surface area contributed by atoms with Gasteiger partial charge in [-0.05, 0) is 29.0 Å².